The molecule has 0 aromatic carbocycles. The molecule has 0 radical (unpaired) electrons. The lowest BCUT2D eigenvalue weighted by Crippen LogP contribution is -2.37. The quantitative estimate of drug-likeness (QED) is 0.230. The SMILES string of the molecule is CN=C(NCCCOCCOC)NCc1ccc(-n2ccnc2C)nc1.I. The summed E-state index contributed by atoms with van der Waals surface area (Å²) in [5.74, 6) is 2.54. The van der Waals surface area contributed by atoms with E-state index in [-0.39, 0.29) is 24.0 Å². The minimum atomic E-state index is 0. The number of guanidine groups is 1. The second-order valence-electron chi connectivity index (χ2n) is 5.68. The lowest BCUT2D eigenvalue weighted by Gasteiger charge is -2.12. The molecule has 2 aromatic rings. The number of ether oxygens (including phenoxy) is 2. The van der Waals surface area contributed by atoms with E-state index >= 15 is 0 Å². The maximum atomic E-state index is 5.43. The van der Waals surface area contributed by atoms with E-state index in [1.165, 1.54) is 0 Å². The van der Waals surface area contributed by atoms with Crippen LogP contribution in [0.5, 0.6) is 0 Å². The molecule has 0 saturated heterocycles. The van der Waals surface area contributed by atoms with Gasteiger partial charge < -0.3 is 20.1 Å². The Morgan fingerprint density at radius 3 is 2.67 bits per heavy atom. The highest BCUT2D eigenvalue weighted by atomic mass is 127. The Morgan fingerprint density at radius 2 is 2.04 bits per heavy atom. The first-order valence-electron chi connectivity index (χ1n) is 8.71. The number of aromatic nitrogens is 3. The number of pyridine rings is 1. The third-order valence-corrected chi connectivity index (χ3v) is 3.75. The van der Waals surface area contributed by atoms with E-state index in [4.69, 9.17) is 9.47 Å². The van der Waals surface area contributed by atoms with E-state index in [0.717, 1.165) is 36.1 Å². The number of methoxy groups -OCH3 is 1. The molecule has 8 nitrogen and oxygen atoms in total. The van der Waals surface area contributed by atoms with Gasteiger partial charge in [-0.3, -0.25) is 9.56 Å². The number of hydrogen-bond acceptors (Lipinski definition) is 5. The van der Waals surface area contributed by atoms with Crippen molar-refractivity contribution >= 4 is 29.9 Å². The summed E-state index contributed by atoms with van der Waals surface area (Å²) < 4.78 is 12.3. The molecule has 0 fully saturated rings. The zero-order valence-electron chi connectivity index (χ0n) is 16.1. The van der Waals surface area contributed by atoms with Crippen LogP contribution >= 0.6 is 24.0 Å². The number of imidazole rings is 1. The molecule has 2 rings (SSSR count). The summed E-state index contributed by atoms with van der Waals surface area (Å²) in [7, 11) is 3.43. The number of aryl methyl sites for hydroxylation is 1. The number of rotatable bonds is 10. The van der Waals surface area contributed by atoms with E-state index in [9.17, 15) is 0 Å². The van der Waals surface area contributed by atoms with E-state index < -0.39 is 0 Å². The van der Waals surface area contributed by atoms with E-state index in [0.29, 0.717) is 26.4 Å². The van der Waals surface area contributed by atoms with Gasteiger partial charge in [0.2, 0.25) is 0 Å². The number of halogens is 1. The normalized spacial score (nSPS) is 11.1. The number of nitrogens with one attached hydrogen (secondary N) is 2. The summed E-state index contributed by atoms with van der Waals surface area (Å²) in [6.07, 6.45) is 6.44. The molecule has 0 aliphatic heterocycles. The molecule has 0 bridgehead atoms. The van der Waals surface area contributed by atoms with Crippen molar-refractivity contribution in [2.75, 3.05) is 40.5 Å². The highest BCUT2D eigenvalue weighted by molar-refractivity contribution is 14.0. The number of nitrogens with zero attached hydrogens (tertiary/aromatic N) is 4. The molecule has 0 aliphatic carbocycles. The zero-order chi connectivity index (χ0) is 18.6. The second kappa shape index (κ2) is 13.4. The summed E-state index contributed by atoms with van der Waals surface area (Å²) in [6.45, 7) is 5.36. The Morgan fingerprint density at radius 1 is 1.19 bits per heavy atom. The van der Waals surface area contributed by atoms with E-state index in [2.05, 4.69) is 25.6 Å². The van der Waals surface area contributed by atoms with Gasteiger partial charge in [-0.1, -0.05) is 6.07 Å². The molecule has 0 unspecified atom stereocenters. The average Bonchev–Trinajstić information content (AvgIpc) is 3.10. The van der Waals surface area contributed by atoms with Crippen molar-refractivity contribution < 1.29 is 9.47 Å². The Labute approximate surface area is 177 Å². The van der Waals surface area contributed by atoms with Crippen LogP contribution in [-0.4, -0.2) is 61.0 Å². The predicted octanol–water partition coefficient (Wildman–Crippen LogP) is 1.91. The molecule has 0 saturated carbocycles. The average molecular weight is 488 g/mol. The first kappa shape index (κ1) is 23.3. The fourth-order valence-electron chi connectivity index (χ4n) is 2.32. The third kappa shape index (κ3) is 8.22. The van der Waals surface area contributed by atoms with E-state index in [1.807, 2.05) is 36.0 Å². The Balaban J connectivity index is 0.00000364. The summed E-state index contributed by atoms with van der Waals surface area (Å²) in [5, 5.41) is 6.55. The molecule has 150 valence electrons. The van der Waals surface area contributed by atoms with Crippen molar-refractivity contribution in [3.8, 4) is 5.82 Å². The smallest absolute Gasteiger partial charge is 0.191 e. The van der Waals surface area contributed by atoms with Crippen LogP contribution in [0.1, 0.15) is 17.8 Å². The van der Waals surface area contributed by atoms with Gasteiger partial charge in [0.15, 0.2) is 5.96 Å². The molecule has 2 aromatic heterocycles. The molecular weight excluding hydrogens is 459 g/mol. The zero-order valence-corrected chi connectivity index (χ0v) is 18.5. The van der Waals surface area contributed by atoms with Gasteiger partial charge in [0.1, 0.15) is 11.6 Å². The van der Waals surface area contributed by atoms with Crippen molar-refractivity contribution in [1.82, 2.24) is 25.2 Å². The molecule has 0 aliphatic rings. The summed E-state index contributed by atoms with van der Waals surface area (Å²) >= 11 is 0. The minimum absolute atomic E-state index is 0. The third-order valence-electron chi connectivity index (χ3n) is 3.75. The van der Waals surface area contributed by atoms with Crippen LogP contribution in [0.3, 0.4) is 0 Å². The van der Waals surface area contributed by atoms with Gasteiger partial charge in [0, 0.05) is 52.4 Å². The standard InChI is InChI=1S/C18H28N6O2.HI/c1-15-20-8-9-24(15)17-6-5-16(13-22-17)14-23-18(19-2)21-7-4-10-26-12-11-25-3;/h5-6,8-9,13H,4,7,10-12,14H2,1-3H3,(H2,19,21,23);1H. The predicted molar refractivity (Wildman–Crippen MR) is 117 cm³/mol. The van der Waals surface area contributed by atoms with Gasteiger partial charge in [-0.05, 0) is 25.0 Å². The minimum Gasteiger partial charge on any atom is -0.382 e. The fraction of sp³-hybridized carbons (Fsp3) is 0.500. The second-order valence-corrected chi connectivity index (χ2v) is 5.68. The van der Waals surface area contributed by atoms with Gasteiger partial charge in [-0.25, -0.2) is 9.97 Å². The molecular formula is C18H29IN6O2. The molecule has 9 heteroatoms. The van der Waals surface area contributed by atoms with Crippen LogP contribution in [0.25, 0.3) is 5.82 Å². The van der Waals surface area contributed by atoms with Crippen LogP contribution in [0.2, 0.25) is 0 Å². The Bertz CT molecular complexity index is 675. The molecule has 27 heavy (non-hydrogen) atoms. The first-order chi connectivity index (χ1) is 12.7. The van der Waals surface area contributed by atoms with Gasteiger partial charge in [-0.15, -0.1) is 24.0 Å². The molecule has 0 spiro atoms. The summed E-state index contributed by atoms with van der Waals surface area (Å²) in [4.78, 5) is 12.9. The topological polar surface area (TPSA) is 85.6 Å². The maximum Gasteiger partial charge on any atom is 0.191 e. The molecule has 0 atom stereocenters. The highest BCUT2D eigenvalue weighted by Crippen LogP contribution is 2.08. The van der Waals surface area contributed by atoms with Crippen LogP contribution in [0.4, 0.5) is 0 Å². The van der Waals surface area contributed by atoms with E-state index in [1.54, 1.807) is 20.4 Å². The van der Waals surface area contributed by atoms with Crippen molar-refractivity contribution in [1.29, 1.82) is 0 Å². The van der Waals surface area contributed by atoms with Crippen molar-refractivity contribution in [2.24, 2.45) is 4.99 Å². The van der Waals surface area contributed by atoms with Crippen LogP contribution < -0.4 is 10.6 Å². The summed E-state index contributed by atoms with van der Waals surface area (Å²) in [6, 6.07) is 4.03. The summed E-state index contributed by atoms with van der Waals surface area (Å²) in [5.41, 5.74) is 1.08. The van der Waals surface area contributed by atoms with Gasteiger partial charge in [0.25, 0.3) is 0 Å². The lowest BCUT2D eigenvalue weighted by atomic mass is 10.3. The monoisotopic (exact) mass is 488 g/mol. The largest absolute Gasteiger partial charge is 0.382 e. The highest BCUT2D eigenvalue weighted by Gasteiger charge is 2.03. The van der Waals surface area contributed by atoms with Gasteiger partial charge in [-0.2, -0.15) is 0 Å². The van der Waals surface area contributed by atoms with Crippen molar-refractivity contribution in [2.45, 2.75) is 19.9 Å². The molecule has 0 amide bonds. The van der Waals surface area contributed by atoms with Crippen LogP contribution in [0.15, 0.2) is 35.7 Å². The number of hydrogen-bond donors (Lipinski definition) is 2. The first-order valence-corrected chi connectivity index (χ1v) is 8.71. The maximum absolute atomic E-state index is 5.43. The Kier molecular flexibility index (Phi) is 11.6. The van der Waals surface area contributed by atoms with Gasteiger partial charge >= 0.3 is 0 Å². The molecule has 2 heterocycles. The van der Waals surface area contributed by atoms with Crippen LogP contribution in [0, 0.1) is 6.92 Å². The van der Waals surface area contributed by atoms with Crippen LogP contribution in [-0.2, 0) is 16.0 Å². The Hall–Kier alpha value is -1.72. The van der Waals surface area contributed by atoms with Gasteiger partial charge in [0.05, 0.1) is 13.2 Å². The number of aliphatic imine (C=N–C) groups is 1. The molecule has 2 N–H and O–H groups in total. The lowest BCUT2D eigenvalue weighted by molar-refractivity contribution is 0.0698. The fourth-order valence-corrected chi connectivity index (χ4v) is 2.32. The van der Waals surface area contributed by atoms with Crippen molar-refractivity contribution in [3.05, 3.63) is 42.1 Å². The van der Waals surface area contributed by atoms with Crippen molar-refractivity contribution in [3.63, 3.8) is 0 Å².